The predicted molar refractivity (Wildman–Crippen MR) is 76.0 cm³/mol. The molecule has 110 valence electrons. The Bertz CT molecular complexity index is 583. The largest absolute Gasteiger partial charge is 0.478 e. The van der Waals surface area contributed by atoms with Crippen LogP contribution in [0, 0.1) is 0 Å². The third kappa shape index (κ3) is 3.29. The van der Waals surface area contributed by atoms with E-state index in [4.69, 9.17) is 5.11 Å². The van der Waals surface area contributed by atoms with Crippen LogP contribution in [0.1, 0.15) is 36.5 Å². The van der Waals surface area contributed by atoms with Crippen LogP contribution in [-0.4, -0.2) is 36.4 Å². The zero-order valence-electron chi connectivity index (χ0n) is 11.2. The highest BCUT2D eigenvalue weighted by atomic mass is 32.2. The first kappa shape index (κ1) is 14.8. The van der Waals surface area contributed by atoms with Crippen molar-refractivity contribution in [1.82, 2.24) is 4.31 Å². The average molecular weight is 298 g/mol. The summed E-state index contributed by atoms with van der Waals surface area (Å²) >= 11 is 0. The van der Waals surface area contributed by atoms with Gasteiger partial charge in [0.25, 0.3) is 0 Å². The first-order chi connectivity index (χ1) is 9.40. The number of nitrogens with one attached hydrogen (secondary N) is 1. The van der Waals surface area contributed by atoms with Crippen molar-refractivity contribution in [2.24, 2.45) is 0 Å². The molecule has 0 amide bonds. The third-order valence-corrected chi connectivity index (χ3v) is 5.08. The lowest BCUT2D eigenvalue weighted by Crippen LogP contribution is -2.44. The van der Waals surface area contributed by atoms with Crippen LogP contribution in [-0.2, 0) is 10.2 Å². The first-order valence-corrected chi connectivity index (χ1v) is 7.97. The number of piperidine rings is 1. The quantitative estimate of drug-likeness (QED) is 0.889. The number of aromatic carboxylic acids is 1. The lowest BCUT2D eigenvalue weighted by atomic mass is 10.1. The molecule has 1 aromatic rings. The Morgan fingerprint density at radius 3 is 2.50 bits per heavy atom. The van der Waals surface area contributed by atoms with E-state index in [1.165, 1.54) is 28.6 Å². The van der Waals surface area contributed by atoms with Gasteiger partial charge < -0.3 is 5.11 Å². The van der Waals surface area contributed by atoms with Crippen molar-refractivity contribution in [1.29, 1.82) is 0 Å². The molecule has 1 atom stereocenters. The number of rotatable bonds is 4. The zero-order valence-corrected chi connectivity index (χ0v) is 12.1. The molecule has 1 aromatic carbocycles. The van der Waals surface area contributed by atoms with Crippen molar-refractivity contribution in [3.63, 3.8) is 0 Å². The van der Waals surface area contributed by atoms with Crippen LogP contribution >= 0.6 is 0 Å². The Morgan fingerprint density at radius 1 is 1.30 bits per heavy atom. The number of benzene rings is 1. The van der Waals surface area contributed by atoms with E-state index in [0.29, 0.717) is 12.2 Å². The van der Waals surface area contributed by atoms with E-state index in [9.17, 15) is 13.2 Å². The Labute approximate surface area is 118 Å². The molecule has 1 unspecified atom stereocenters. The van der Waals surface area contributed by atoms with Crippen LogP contribution in [0.5, 0.6) is 0 Å². The van der Waals surface area contributed by atoms with Crippen LogP contribution in [0.3, 0.4) is 0 Å². The molecule has 0 radical (unpaired) electrons. The molecule has 2 rings (SSSR count). The van der Waals surface area contributed by atoms with Gasteiger partial charge in [-0.3, -0.25) is 4.72 Å². The second-order valence-electron chi connectivity index (χ2n) is 4.95. The fraction of sp³-hybridized carbons (Fsp3) is 0.462. The number of nitrogens with zero attached hydrogens (tertiary/aromatic N) is 1. The highest BCUT2D eigenvalue weighted by Gasteiger charge is 2.29. The molecule has 20 heavy (non-hydrogen) atoms. The number of carboxylic acids is 1. The van der Waals surface area contributed by atoms with Crippen LogP contribution < -0.4 is 4.72 Å². The third-order valence-electron chi connectivity index (χ3n) is 3.43. The molecule has 0 saturated carbocycles. The average Bonchev–Trinajstić information content (AvgIpc) is 2.39. The molecule has 0 bridgehead atoms. The molecule has 0 aromatic heterocycles. The summed E-state index contributed by atoms with van der Waals surface area (Å²) in [6.07, 6.45) is 2.77. The molecule has 1 fully saturated rings. The van der Waals surface area contributed by atoms with E-state index in [-0.39, 0.29) is 11.6 Å². The molecule has 1 aliphatic rings. The monoisotopic (exact) mass is 298 g/mol. The molecule has 2 N–H and O–H groups in total. The van der Waals surface area contributed by atoms with Crippen molar-refractivity contribution in [2.75, 3.05) is 11.3 Å². The molecule has 1 saturated heterocycles. The summed E-state index contributed by atoms with van der Waals surface area (Å²) in [5, 5.41) is 8.80. The van der Waals surface area contributed by atoms with E-state index in [0.717, 1.165) is 19.3 Å². The maximum Gasteiger partial charge on any atom is 0.335 e. The Balaban J connectivity index is 2.13. The zero-order chi connectivity index (χ0) is 14.8. The summed E-state index contributed by atoms with van der Waals surface area (Å²) in [5.41, 5.74) is 0.493. The minimum Gasteiger partial charge on any atom is -0.478 e. The van der Waals surface area contributed by atoms with Crippen LogP contribution in [0.25, 0.3) is 0 Å². The topological polar surface area (TPSA) is 86.7 Å². The minimum absolute atomic E-state index is 0.0143. The van der Waals surface area contributed by atoms with Gasteiger partial charge in [-0.25, -0.2) is 4.79 Å². The molecule has 7 heteroatoms. The van der Waals surface area contributed by atoms with Crippen LogP contribution in [0.4, 0.5) is 5.69 Å². The molecular formula is C13H18N2O4S. The Morgan fingerprint density at radius 2 is 1.95 bits per heavy atom. The van der Waals surface area contributed by atoms with Gasteiger partial charge in [0.1, 0.15) is 0 Å². The second-order valence-corrected chi connectivity index (χ2v) is 6.57. The maximum absolute atomic E-state index is 12.3. The van der Waals surface area contributed by atoms with Gasteiger partial charge in [0.05, 0.1) is 5.56 Å². The number of hydrogen-bond acceptors (Lipinski definition) is 3. The van der Waals surface area contributed by atoms with Crippen LogP contribution in [0.15, 0.2) is 24.3 Å². The Kier molecular flexibility index (Phi) is 4.29. The van der Waals surface area contributed by atoms with Crippen molar-refractivity contribution < 1.29 is 18.3 Å². The van der Waals surface area contributed by atoms with Crippen molar-refractivity contribution >= 4 is 21.9 Å². The highest BCUT2D eigenvalue weighted by molar-refractivity contribution is 7.90. The second kappa shape index (κ2) is 5.80. The van der Waals surface area contributed by atoms with Gasteiger partial charge in [-0.1, -0.05) is 6.42 Å². The van der Waals surface area contributed by atoms with E-state index >= 15 is 0 Å². The summed E-state index contributed by atoms with van der Waals surface area (Å²) in [6.45, 7) is 2.41. The van der Waals surface area contributed by atoms with Crippen molar-refractivity contribution in [3.8, 4) is 0 Å². The first-order valence-electron chi connectivity index (χ1n) is 6.53. The standard InChI is InChI=1S/C13H18N2O4S/c1-10-4-2-3-9-15(10)20(18,19)14-12-7-5-11(6-8-12)13(16)17/h5-8,10,14H,2-4,9H2,1H3,(H,16,17). The normalized spacial score (nSPS) is 20.6. The fourth-order valence-corrected chi connectivity index (χ4v) is 3.82. The van der Waals surface area contributed by atoms with Gasteiger partial charge in [0.15, 0.2) is 0 Å². The van der Waals surface area contributed by atoms with Gasteiger partial charge in [0, 0.05) is 18.3 Å². The number of carbonyl (C=O) groups is 1. The van der Waals surface area contributed by atoms with Crippen LogP contribution in [0.2, 0.25) is 0 Å². The number of hydrogen-bond donors (Lipinski definition) is 2. The molecule has 6 nitrogen and oxygen atoms in total. The molecule has 0 spiro atoms. The number of anilines is 1. The van der Waals surface area contributed by atoms with E-state index in [1.54, 1.807) is 0 Å². The summed E-state index contributed by atoms with van der Waals surface area (Å²) in [7, 11) is -3.58. The SMILES string of the molecule is CC1CCCCN1S(=O)(=O)Nc1ccc(C(=O)O)cc1. The molecule has 0 aliphatic carbocycles. The Hall–Kier alpha value is -1.60. The minimum atomic E-state index is -3.58. The summed E-state index contributed by atoms with van der Waals surface area (Å²) < 4.78 is 28.5. The summed E-state index contributed by atoms with van der Waals surface area (Å²) in [5.74, 6) is -1.04. The van der Waals surface area contributed by atoms with Crippen molar-refractivity contribution in [3.05, 3.63) is 29.8 Å². The van der Waals surface area contributed by atoms with Gasteiger partial charge in [-0.05, 0) is 44.0 Å². The smallest absolute Gasteiger partial charge is 0.335 e. The van der Waals surface area contributed by atoms with Gasteiger partial charge in [-0.15, -0.1) is 0 Å². The van der Waals surface area contributed by atoms with Gasteiger partial charge >= 0.3 is 16.2 Å². The molecular weight excluding hydrogens is 280 g/mol. The molecule has 1 heterocycles. The number of carboxylic acid groups (broad SMARTS) is 1. The predicted octanol–water partition coefficient (Wildman–Crippen LogP) is 1.92. The van der Waals surface area contributed by atoms with E-state index in [2.05, 4.69) is 4.72 Å². The van der Waals surface area contributed by atoms with Gasteiger partial charge in [-0.2, -0.15) is 12.7 Å². The highest BCUT2D eigenvalue weighted by Crippen LogP contribution is 2.21. The van der Waals surface area contributed by atoms with E-state index < -0.39 is 16.2 Å². The maximum atomic E-state index is 12.3. The van der Waals surface area contributed by atoms with Gasteiger partial charge in [0.2, 0.25) is 0 Å². The lowest BCUT2D eigenvalue weighted by molar-refractivity contribution is 0.0697. The summed E-state index contributed by atoms with van der Waals surface area (Å²) in [6, 6.07) is 5.64. The molecule has 1 aliphatic heterocycles. The van der Waals surface area contributed by atoms with E-state index in [1.807, 2.05) is 6.92 Å². The lowest BCUT2D eigenvalue weighted by Gasteiger charge is -2.32. The summed E-state index contributed by atoms with van der Waals surface area (Å²) in [4.78, 5) is 10.7. The fourth-order valence-electron chi connectivity index (χ4n) is 2.32. The van der Waals surface area contributed by atoms with Crippen molar-refractivity contribution in [2.45, 2.75) is 32.2 Å².